The second-order valence-electron chi connectivity index (χ2n) is 8.78. The number of nitrogens with one attached hydrogen (secondary N) is 3. The van der Waals surface area contributed by atoms with Gasteiger partial charge in [-0.25, -0.2) is 4.79 Å². The highest BCUT2D eigenvalue weighted by Crippen LogP contribution is 2.22. The van der Waals surface area contributed by atoms with Crippen LogP contribution < -0.4 is 21.7 Å². The van der Waals surface area contributed by atoms with Gasteiger partial charge in [0.2, 0.25) is 11.8 Å². The van der Waals surface area contributed by atoms with E-state index < -0.39 is 29.9 Å². The Kier molecular flexibility index (Phi) is 8.07. The summed E-state index contributed by atoms with van der Waals surface area (Å²) in [6.45, 7) is 7.72. The van der Waals surface area contributed by atoms with E-state index in [0.29, 0.717) is 12.1 Å². The summed E-state index contributed by atoms with van der Waals surface area (Å²) in [6.07, 6.45) is 2.38. The lowest BCUT2D eigenvalue weighted by molar-refractivity contribution is -0.130. The number of hydrogen-bond acceptors (Lipinski definition) is 4. The van der Waals surface area contributed by atoms with Crippen molar-refractivity contribution in [3.63, 3.8) is 0 Å². The van der Waals surface area contributed by atoms with Crippen molar-refractivity contribution < 1.29 is 19.2 Å². The fourth-order valence-corrected chi connectivity index (χ4v) is 3.72. The Hall–Kier alpha value is -3.04. The molecule has 0 aromatic carbocycles. The average molecular weight is 435 g/mol. The predicted octanol–water partition coefficient (Wildman–Crippen LogP) is 0.332. The first-order valence-corrected chi connectivity index (χ1v) is 10.6. The van der Waals surface area contributed by atoms with Crippen LogP contribution in [-0.2, 0) is 16.6 Å². The number of primary amides is 1. The second kappa shape index (κ2) is 10.3. The molecule has 31 heavy (non-hydrogen) atoms. The minimum atomic E-state index is -0.833. The highest BCUT2D eigenvalue weighted by molar-refractivity contribution is 5.98. The van der Waals surface area contributed by atoms with Gasteiger partial charge in [0.15, 0.2) is 0 Å². The number of aryl methyl sites for hydroxylation is 1. The minimum Gasteiger partial charge on any atom is -0.368 e. The van der Waals surface area contributed by atoms with E-state index in [1.807, 2.05) is 27.7 Å². The van der Waals surface area contributed by atoms with Crippen molar-refractivity contribution >= 4 is 23.8 Å². The number of carbonyl (C=O) groups is 4. The van der Waals surface area contributed by atoms with Crippen LogP contribution in [0.3, 0.4) is 0 Å². The molecule has 0 bridgehead atoms. The lowest BCUT2D eigenvalue weighted by Crippen LogP contribution is -2.52. The Morgan fingerprint density at radius 2 is 1.84 bits per heavy atom. The van der Waals surface area contributed by atoms with E-state index in [4.69, 9.17) is 5.73 Å². The largest absolute Gasteiger partial charge is 0.368 e. The van der Waals surface area contributed by atoms with Crippen LogP contribution in [0.4, 0.5) is 4.79 Å². The molecule has 2 rings (SSSR count). The third kappa shape index (κ3) is 6.47. The monoisotopic (exact) mass is 434 g/mol. The maximum Gasteiger partial charge on any atom is 0.315 e. The fraction of sp³-hybridized carbons (Fsp3) is 0.619. The number of carbonyl (C=O) groups excluding carboxylic acids is 4. The number of hydrogen-bond donors (Lipinski definition) is 4. The van der Waals surface area contributed by atoms with Crippen LogP contribution in [0.5, 0.6) is 0 Å². The average Bonchev–Trinajstić information content (AvgIpc) is 3.25. The normalized spacial score (nSPS) is 19.4. The minimum absolute atomic E-state index is 0.0473. The first kappa shape index (κ1) is 24.2. The van der Waals surface area contributed by atoms with Crippen molar-refractivity contribution in [1.82, 2.24) is 25.4 Å². The molecule has 0 aliphatic carbocycles. The SMILES string of the molecule is CC(C)C[C@H](NC(=O)[C@@H]1C[C@H](NC(=O)NC(C)C)CN1C(=O)c1cccn1C)C(N)=O. The van der Waals surface area contributed by atoms with Gasteiger partial charge in [0, 0.05) is 25.8 Å². The number of rotatable bonds is 8. The van der Waals surface area contributed by atoms with Crippen molar-refractivity contribution in [2.45, 2.75) is 64.7 Å². The van der Waals surface area contributed by atoms with Crippen LogP contribution in [0.2, 0.25) is 0 Å². The maximum absolute atomic E-state index is 13.2. The summed E-state index contributed by atoms with van der Waals surface area (Å²) in [5.74, 6) is -1.25. The molecule has 1 saturated heterocycles. The molecular formula is C21H34N6O4. The summed E-state index contributed by atoms with van der Waals surface area (Å²) in [5.41, 5.74) is 5.89. The van der Waals surface area contributed by atoms with Crippen LogP contribution in [0.15, 0.2) is 18.3 Å². The summed E-state index contributed by atoms with van der Waals surface area (Å²) in [4.78, 5) is 51.6. The van der Waals surface area contributed by atoms with Gasteiger partial charge >= 0.3 is 6.03 Å². The Bertz CT molecular complexity index is 819. The molecule has 0 unspecified atom stereocenters. The van der Waals surface area contributed by atoms with Gasteiger partial charge in [-0.3, -0.25) is 14.4 Å². The van der Waals surface area contributed by atoms with Gasteiger partial charge in [-0.1, -0.05) is 13.8 Å². The zero-order chi connectivity index (χ0) is 23.3. The van der Waals surface area contributed by atoms with Gasteiger partial charge in [-0.2, -0.15) is 0 Å². The van der Waals surface area contributed by atoms with Crippen molar-refractivity contribution in [3.05, 3.63) is 24.0 Å². The number of amides is 5. The van der Waals surface area contributed by atoms with Gasteiger partial charge in [0.25, 0.3) is 5.91 Å². The molecule has 1 aromatic rings. The van der Waals surface area contributed by atoms with Crippen LogP contribution in [0.25, 0.3) is 0 Å². The molecular weight excluding hydrogens is 400 g/mol. The molecule has 5 N–H and O–H groups in total. The molecule has 0 spiro atoms. The highest BCUT2D eigenvalue weighted by Gasteiger charge is 2.41. The first-order valence-electron chi connectivity index (χ1n) is 10.6. The molecule has 172 valence electrons. The van der Waals surface area contributed by atoms with Gasteiger partial charge < -0.3 is 31.2 Å². The van der Waals surface area contributed by atoms with E-state index in [9.17, 15) is 19.2 Å². The number of likely N-dealkylation sites (tertiary alicyclic amines) is 1. The Labute approximate surface area is 182 Å². The third-order valence-electron chi connectivity index (χ3n) is 5.15. The molecule has 10 heteroatoms. The third-order valence-corrected chi connectivity index (χ3v) is 5.15. The molecule has 10 nitrogen and oxygen atoms in total. The Morgan fingerprint density at radius 3 is 2.35 bits per heavy atom. The van der Waals surface area contributed by atoms with E-state index >= 15 is 0 Å². The fourth-order valence-electron chi connectivity index (χ4n) is 3.72. The smallest absolute Gasteiger partial charge is 0.315 e. The lowest BCUT2D eigenvalue weighted by atomic mass is 10.0. The van der Waals surface area contributed by atoms with Gasteiger partial charge in [0.1, 0.15) is 17.8 Å². The highest BCUT2D eigenvalue weighted by atomic mass is 16.2. The quantitative estimate of drug-likeness (QED) is 0.468. The van der Waals surface area contributed by atoms with Crippen LogP contribution in [-0.4, -0.2) is 63.9 Å². The number of aromatic nitrogens is 1. The van der Waals surface area contributed by atoms with Crippen molar-refractivity contribution in [3.8, 4) is 0 Å². The Balaban J connectivity index is 2.21. The second-order valence-corrected chi connectivity index (χ2v) is 8.78. The summed E-state index contributed by atoms with van der Waals surface area (Å²) >= 11 is 0. The summed E-state index contributed by atoms with van der Waals surface area (Å²) < 4.78 is 1.68. The van der Waals surface area contributed by atoms with Crippen LogP contribution >= 0.6 is 0 Å². The molecule has 0 radical (unpaired) electrons. The van der Waals surface area contributed by atoms with E-state index in [0.717, 1.165) is 0 Å². The van der Waals surface area contributed by atoms with E-state index in [1.165, 1.54) is 4.90 Å². The van der Waals surface area contributed by atoms with Gasteiger partial charge in [0.05, 0.1) is 6.04 Å². The van der Waals surface area contributed by atoms with E-state index in [1.54, 1.807) is 29.9 Å². The van der Waals surface area contributed by atoms with E-state index in [2.05, 4.69) is 16.0 Å². The molecule has 1 aromatic heterocycles. The molecule has 1 aliphatic heterocycles. The molecule has 1 fully saturated rings. The number of nitrogens with zero attached hydrogens (tertiary/aromatic N) is 2. The first-order chi connectivity index (χ1) is 14.5. The van der Waals surface area contributed by atoms with Crippen molar-refractivity contribution in [2.24, 2.45) is 18.7 Å². The zero-order valence-electron chi connectivity index (χ0n) is 18.8. The number of nitrogens with two attached hydrogens (primary N) is 1. The molecule has 0 saturated carbocycles. The molecule has 3 atom stereocenters. The van der Waals surface area contributed by atoms with Crippen molar-refractivity contribution in [2.75, 3.05) is 6.54 Å². The maximum atomic E-state index is 13.2. The summed E-state index contributed by atoms with van der Waals surface area (Å²) in [5, 5.41) is 8.27. The number of urea groups is 1. The standard InChI is InChI=1S/C21H34N6O4/c1-12(2)9-15(18(22)28)25-19(29)17-10-14(24-21(31)23-13(3)4)11-27(17)20(30)16-7-6-8-26(16)5/h6-8,12-15,17H,9-11H2,1-5H3,(H2,22,28)(H,25,29)(H2,23,24,31)/t14-,15-,17-/m0/s1. The molecule has 1 aliphatic rings. The predicted molar refractivity (Wildman–Crippen MR) is 116 cm³/mol. The topological polar surface area (TPSA) is 139 Å². The van der Waals surface area contributed by atoms with Crippen LogP contribution in [0.1, 0.15) is 51.0 Å². The van der Waals surface area contributed by atoms with Crippen LogP contribution in [0, 0.1) is 5.92 Å². The van der Waals surface area contributed by atoms with Gasteiger partial charge in [-0.15, -0.1) is 0 Å². The molecule has 5 amide bonds. The lowest BCUT2D eigenvalue weighted by Gasteiger charge is -2.26. The van der Waals surface area contributed by atoms with E-state index in [-0.39, 0.29) is 36.9 Å². The summed E-state index contributed by atoms with van der Waals surface area (Å²) in [6, 6.07) is 0.952. The van der Waals surface area contributed by atoms with Gasteiger partial charge in [-0.05, 0) is 44.7 Å². The Morgan fingerprint density at radius 1 is 1.16 bits per heavy atom. The van der Waals surface area contributed by atoms with Crippen molar-refractivity contribution in [1.29, 1.82) is 0 Å². The summed E-state index contributed by atoms with van der Waals surface area (Å²) in [7, 11) is 1.75. The molecule has 2 heterocycles. The zero-order valence-corrected chi connectivity index (χ0v) is 18.8.